The van der Waals surface area contributed by atoms with Crippen LogP contribution >= 0.6 is 0 Å². The Kier molecular flexibility index (Phi) is 3.71. The zero-order chi connectivity index (χ0) is 16.4. The molecule has 0 unspecified atom stereocenters. The van der Waals surface area contributed by atoms with E-state index in [1.807, 2.05) is 48.5 Å². The van der Waals surface area contributed by atoms with Crippen molar-refractivity contribution in [3.63, 3.8) is 0 Å². The molecule has 2 aromatic carbocycles. The van der Waals surface area contributed by atoms with Gasteiger partial charge in [-0.15, -0.1) is 0 Å². The van der Waals surface area contributed by atoms with E-state index in [9.17, 15) is 4.79 Å². The number of anilines is 3. The van der Waals surface area contributed by atoms with Crippen LogP contribution in [0.1, 0.15) is 15.9 Å². The van der Waals surface area contributed by atoms with E-state index in [0.29, 0.717) is 11.4 Å². The average Bonchev–Trinajstić information content (AvgIpc) is 3.06. The number of para-hydroxylation sites is 2. The highest BCUT2D eigenvalue weighted by Gasteiger charge is 2.25. The first kappa shape index (κ1) is 14.5. The third kappa shape index (κ3) is 2.63. The van der Waals surface area contributed by atoms with Gasteiger partial charge in [-0.25, -0.2) is 4.98 Å². The molecule has 4 heteroatoms. The van der Waals surface area contributed by atoms with E-state index in [2.05, 4.69) is 27.3 Å². The minimum atomic E-state index is -0.145. The van der Waals surface area contributed by atoms with E-state index in [-0.39, 0.29) is 5.91 Å². The summed E-state index contributed by atoms with van der Waals surface area (Å²) in [4.78, 5) is 19.3. The zero-order valence-electron chi connectivity index (χ0n) is 13.1. The van der Waals surface area contributed by atoms with Gasteiger partial charge in [0, 0.05) is 24.1 Å². The molecule has 24 heavy (non-hydrogen) atoms. The van der Waals surface area contributed by atoms with E-state index in [1.165, 1.54) is 5.56 Å². The third-order valence-corrected chi connectivity index (χ3v) is 4.21. The molecule has 1 aromatic heterocycles. The Hall–Kier alpha value is -3.14. The van der Waals surface area contributed by atoms with Crippen molar-refractivity contribution in [3.05, 3.63) is 84.1 Å². The number of hydrogen-bond donors (Lipinski definition) is 1. The first-order valence-electron chi connectivity index (χ1n) is 8.00. The van der Waals surface area contributed by atoms with Crippen molar-refractivity contribution in [3.8, 4) is 0 Å². The molecule has 1 N–H and O–H groups in total. The fourth-order valence-electron chi connectivity index (χ4n) is 3.07. The van der Waals surface area contributed by atoms with Crippen molar-refractivity contribution in [1.82, 2.24) is 4.98 Å². The van der Waals surface area contributed by atoms with Crippen LogP contribution in [-0.2, 0) is 6.42 Å². The van der Waals surface area contributed by atoms with Crippen LogP contribution in [0.15, 0.2) is 72.9 Å². The van der Waals surface area contributed by atoms with Crippen molar-refractivity contribution in [2.45, 2.75) is 6.42 Å². The summed E-state index contributed by atoms with van der Waals surface area (Å²) in [5.74, 6) is 0.560. The topological polar surface area (TPSA) is 45.2 Å². The highest BCUT2D eigenvalue weighted by Crippen LogP contribution is 2.34. The Labute approximate surface area is 140 Å². The van der Waals surface area contributed by atoms with Crippen LogP contribution in [0.4, 0.5) is 17.2 Å². The Morgan fingerprint density at radius 1 is 0.958 bits per heavy atom. The molecule has 0 radical (unpaired) electrons. The van der Waals surface area contributed by atoms with Crippen LogP contribution in [0.25, 0.3) is 0 Å². The molecular formula is C20H17N3O. The van der Waals surface area contributed by atoms with Gasteiger partial charge >= 0.3 is 0 Å². The molecule has 4 rings (SSSR count). The van der Waals surface area contributed by atoms with Gasteiger partial charge in [-0.1, -0.05) is 36.4 Å². The molecule has 3 aromatic rings. The van der Waals surface area contributed by atoms with Gasteiger partial charge in [0.2, 0.25) is 0 Å². The lowest BCUT2D eigenvalue weighted by Gasteiger charge is -2.21. The van der Waals surface area contributed by atoms with E-state index in [4.69, 9.17) is 0 Å². The Morgan fingerprint density at radius 3 is 2.62 bits per heavy atom. The summed E-state index contributed by atoms with van der Waals surface area (Å²) in [5, 5.41) is 2.94. The molecule has 1 amide bonds. The second-order valence-corrected chi connectivity index (χ2v) is 5.73. The maximum atomic E-state index is 12.7. The predicted molar refractivity (Wildman–Crippen MR) is 95.8 cm³/mol. The zero-order valence-corrected chi connectivity index (χ0v) is 13.1. The quantitative estimate of drug-likeness (QED) is 0.794. The van der Waals surface area contributed by atoms with Gasteiger partial charge in [0.25, 0.3) is 5.91 Å². The van der Waals surface area contributed by atoms with Gasteiger partial charge in [-0.3, -0.25) is 4.79 Å². The number of amides is 1. The number of hydrogen-bond acceptors (Lipinski definition) is 3. The number of carbonyl (C=O) groups is 1. The summed E-state index contributed by atoms with van der Waals surface area (Å²) in [5.41, 5.74) is 3.78. The van der Waals surface area contributed by atoms with Gasteiger partial charge in [0.15, 0.2) is 0 Å². The minimum absolute atomic E-state index is 0.145. The number of aromatic nitrogens is 1. The number of rotatable bonds is 3. The molecule has 1 aliphatic heterocycles. The number of benzene rings is 2. The van der Waals surface area contributed by atoms with Crippen molar-refractivity contribution in [1.29, 1.82) is 0 Å². The Balaban J connectivity index is 1.68. The van der Waals surface area contributed by atoms with Crippen molar-refractivity contribution >= 4 is 23.1 Å². The summed E-state index contributed by atoms with van der Waals surface area (Å²) < 4.78 is 0. The maximum Gasteiger partial charge on any atom is 0.259 e. The second-order valence-electron chi connectivity index (χ2n) is 5.73. The van der Waals surface area contributed by atoms with Gasteiger partial charge in [0.1, 0.15) is 5.82 Å². The highest BCUT2D eigenvalue weighted by molar-refractivity contribution is 6.08. The highest BCUT2D eigenvalue weighted by atomic mass is 16.1. The van der Waals surface area contributed by atoms with Crippen molar-refractivity contribution in [2.24, 2.45) is 0 Å². The molecule has 4 nitrogen and oxygen atoms in total. The number of fused-ring (bicyclic) bond motifs is 1. The van der Waals surface area contributed by atoms with Crippen molar-refractivity contribution in [2.75, 3.05) is 16.8 Å². The first-order chi connectivity index (χ1) is 11.8. The van der Waals surface area contributed by atoms with Crippen molar-refractivity contribution < 1.29 is 4.79 Å². The molecule has 0 saturated heterocycles. The second kappa shape index (κ2) is 6.16. The summed E-state index contributed by atoms with van der Waals surface area (Å²) >= 11 is 0. The minimum Gasteiger partial charge on any atom is -0.325 e. The molecule has 118 valence electrons. The standard InChI is InChI=1S/C20H17N3O/c24-20(22-16-8-2-1-3-9-16)17-10-6-13-21-19(17)23-14-12-15-7-4-5-11-18(15)23/h1-11,13H,12,14H2,(H,22,24). The lowest BCUT2D eigenvalue weighted by atomic mass is 10.1. The summed E-state index contributed by atoms with van der Waals surface area (Å²) in [6.07, 6.45) is 2.70. The number of nitrogens with one attached hydrogen (secondary N) is 1. The monoisotopic (exact) mass is 315 g/mol. The fraction of sp³-hybridized carbons (Fsp3) is 0.100. The third-order valence-electron chi connectivity index (χ3n) is 4.21. The molecule has 0 fully saturated rings. The summed E-state index contributed by atoms with van der Waals surface area (Å²) in [7, 11) is 0. The van der Waals surface area contributed by atoms with Gasteiger partial charge in [-0.2, -0.15) is 0 Å². The van der Waals surface area contributed by atoms with E-state index < -0.39 is 0 Å². The van der Waals surface area contributed by atoms with E-state index in [0.717, 1.165) is 24.3 Å². The molecule has 0 spiro atoms. The number of pyridine rings is 1. The molecule has 1 aliphatic rings. The van der Waals surface area contributed by atoms with E-state index in [1.54, 1.807) is 12.3 Å². The Bertz CT molecular complexity index is 877. The first-order valence-corrected chi connectivity index (χ1v) is 8.00. The fourth-order valence-corrected chi connectivity index (χ4v) is 3.07. The number of carbonyl (C=O) groups excluding carboxylic acids is 1. The van der Waals surface area contributed by atoms with Gasteiger partial charge in [-0.05, 0) is 42.3 Å². The van der Waals surface area contributed by atoms with E-state index >= 15 is 0 Å². The lowest BCUT2D eigenvalue weighted by Crippen LogP contribution is -2.21. The molecular weight excluding hydrogens is 298 g/mol. The molecule has 2 heterocycles. The number of nitrogens with zero attached hydrogens (tertiary/aromatic N) is 2. The molecule has 0 saturated carbocycles. The van der Waals surface area contributed by atoms with Crippen LogP contribution in [0.3, 0.4) is 0 Å². The predicted octanol–water partition coefficient (Wildman–Crippen LogP) is 4.03. The smallest absolute Gasteiger partial charge is 0.259 e. The summed E-state index contributed by atoms with van der Waals surface area (Å²) in [6.45, 7) is 0.835. The maximum absolute atomic E-state index is 12.7. The van der Waals surface area contributed by atoms with Crippen LogP contribution in [0.2, 0.25) is 0 Å². The van der Waals surface area contributed by atoms with Gasteiger partial charge in [0.05, 0.1) is 5.56 Å². The average molecular weight is 315 g/mol. The van der Waals surface area contributed by atoms with Crippen LogP contribution in [-0.4, -0.2) is 17.4 Å². The molecule has 0 bridgehead atoms. The van der Waals surface area contributed by atoms with Gasteiger partial charge < -0.3 is 10.2 Å². The van der Waals surface area contributed by atoms with Crippen LogP contribution < -0.4 is 10.2 Å². The summed E-state index contributed by atoms with van der Waals surface area (Å²) in [6, 6.07) is 21.4. The largest absolute Gasteiger partial charge is 0.325 e. The Morgan fingerprint density at radius 2 is 1.75 bits per heavy atom. The molecule has 0 atom stereocenters. The van der Waals surface area contributed by atoms with Crippen LogP contribution in [0, 0.1) is 0 Å². The SMILES string of the molecule is O=C(Nc1ccccc1)c1cccnc1N1CCc2ccccc21. The van der Waals surface area contributed by atoms with Crippen LogP contribution in [0.5, 0.6) is 0 Å². The molecule has 0 aliphatic carbocycles. The normalized spacial score (nSPS) is 12.8. The lowest BCUT2D eigenvalue weighted by molar-refractivity contribution is 0.102.